The van der Waals surface area contributed by atoms with Crippen LogP contribution in [0.4, 0.5) is 0 Å². The molecule has 15 heteroatoms. The molecular weight excluding hydrogens is 442 g/mol. The van der Waals surface area contributed by atoms with Crippen LogP contribution in [0, 0.1) is 0 Å². The van der Waals surface area contributed by atoms with Crippen molar-refractivity contribution in [3.8, 4) is 0 Å². The lowest BCUT2D eigenvalue weighted by Gasteiger charge is -2.29. The first-order valence-corrected chi connectivity index (χ1v) is 10.2. The summed E-state index contributed by atoms with van der Waals surface area (Å²) in [5.74, 6) is -1.73. The van der Waals surface area contributed by atoms with Crippen LogP contribution in [0.25, 0.3) is 0 Å². The maximum Gasteiger partial charge on any atom is 0.303 e. The van der Waals surface area contributed by atoms with Crippen molar-refractivity contribution in [2.24, 2.45) is 0 Å². The minimum absolute atomic E-state index is 0.0103. The number of amides is 1. The summed E-state index contributed by atoms with van der Waals surface area (Å²) in [5, 5.41) is 47.1. The van der Waals surface area contributed by atoms with Crippen LogP contribution in [0.5, 0.6) is 0 Å². The van der Waals surface area contributed by atoms with Crippen LogP contribution in [0.1, 0.15) is 12.8 Å². The van der Waals surface area contributed by atoms with Crippen molar-refractivity contribution in [3.05, 3.63) is 11.0 Å². The number of carbonyl (C=O) groups excluding carboxylic acids is 1. The third kappa shape index (κ3) is 7.34. The van der Waals surface area contributed by atoms with Gasteiger partial charge in [0, 0.05) is 13.0 Å². The molecule has 0 aromatic heterocycles. The number of aliphatic carboxylic acids is 1. The summed E-state index contributed by atoms with van der Waals surface area (Å²) in [4.78, 5) is 23.8. The Bertz CT molecular complexity index is 738. The molecule has 0 saturated carbocycles. The van der Waals surface area contributed by atoms with Gasteiger partial charge in [0.25, 0.3) is 5.91 Å². The maximum atomic E-state index is 12.3. The lowest BCUT2D eigenvalue weighted by atomic mass is 10.0. The minimum atomic E-state index is -5.39. The Morgan fingerprint density at radius 3 is 2.46 bits per heavy atom. The Morgan fingerprint density at radius 2 is 1.96 bits per heavy atom. The predicted molar refractivity (Wildman–Crippen MR) is 96.5 cm³/mol. The van der Waals surface area contributed by atoms with Gasteiger partial charge >= 0.3 is 5.97 Å². The van der Waals surface area contributed by atoms with Crippen LogP contribution in [0.3, 0.4) is 0 Å². The molecule has 1 amide bonds. The van der Waals surface area contributed by atoms with Crippen LogP contribution < -0.4 is 0 Å². The molecule has 0 spiro atoms. The van der Waals surface area contributed by atoms with E-state index in [2.05, 4.69) is 4.18 Å². The first-order chi connectivity index (χ1) is 12.9. The summed E-state index contributed by atoms with van der Waals surface area (Å²) < 4.78 is 36.2. The SMILES string of the molecule is O=C(O)CCCN1C(=O)/C(=C/[C@H](O)[C@@H](O)C(OS(=O)(=O)[O-])[C@H](O)CO)SC1=S. The number of thiocarbonyl (C=S) groups is 1. The largest absolute Gasteiger partial charge is 0.726 e. The van der Waals surface area contributed by atoms with Gasteiger partial charge in [-0.25, -0.2) is 8.42 Å². The summed E-state index contributed by atoms with van der Waals surface area (Å²) in [5.41, 5.74) is 0. The summed E-state index contributed by atoms with van der Waals surface area (Å²) in [6, 6.07) is 0. The molecule has 5 N–H and O–H groups in total. The fourth-order valence-corrected chi connectivity index (χ4v) is 3.97. The third-order valence-corrected chi connectivity index (χ3v) is 5.30. The van der Waals surface area contributed by atoms with Crippen molar-refractivity contribution in [2.45, 2.75) is 37.3 Å². The molecule has 1 fully saturated rings. The van der Waals surface area contributed by atoms with Gasteiger partial charge in [0.15, 0.2) is 0 Å². The van der Waals surface area contributed by atoms with Gasteiger partial charge in [-0.1, -0.05) is 24.0 Å². The highest BCUT2D eigenvalue weighted by atomic mass is 32.3. The van der Waals surface area contributed by atoms with E-state index in [4.69, 9.17) is 22.4 Å². The monoisotopic (exact) mass is 460 g/mol. The van der Waals surface area contributed by atoms with Gasteiger partial charge < -0.3 is 30.1 Å². The predicted octanol–water partition coefficient (Wildman–Crippen LogP) is -2.48. The summed E-state index contributed by atoms with van der Waals surface area (Å²) in [6.07, 6.45) is -7.63. The molecule has 0 bridgehead atoms. The molecule has 1 aliphatic heterocycles. The van der Waals surface area contributed by atoms with Crippen LogP contribution >= 0.6 is 24.0 Å². The quantitative estimate of drug-likeness (QED) is 0.0938. The standard InChI is InChI=1S/C13H19NO11S3/c15-5-7(17)11(25-28(22,23)24)10(20)6(16)4-8-12(21)14(13(26)27-8)3-1-2-9(18)19/h4,6-7,10-11,15-17,20H,1-3,5H2,(H,18,19)(H,22,23,24)/p-1/b8-4-/t6-,7+,10+,11?/m0/s1. The van der Waals surface area contributed by atoms with E-state index >= 15 is 0 Å². The molecule has 0 aromatic rings. The molecule has 1 heterocycles. The third-order valence-electron chi connectivity index (χ3n) is 3.45. The highest BCUT2D eigenvalue weighted by molar-refractivity contribution is 8.26. The van der Waals surface area contributed by atoms with Gasteiger partial charge in [0.1, 0.15) is 28.7 Å². The lowest BCUT2D eigenvalue weighted by Crippen LogP contribution is -2.48. The van der Waals surface area contributed by atoms with Crippen molar-refractivity contribution in [3.63, 3.8) is 0 Å². The second-order valence-corrected chi connectivity index (χ2v) is 8.24. The zero-order chi connectivity index (χ0) is 21.6. The van der Waals surface area contributed by atoms with Crippen LogP contribution in [0.15, 0.2) is 11.0 Å². The number of aliphatic hydroxyl groups is 4. The Kier molecular flexibility index (Phi) is 9.38. The molecule has 0 radical (unpaired) electrons. The topological polar surface area (TPSA) is 205 Å². The highest BCUT2D eigenvalue weighted by Gasteiger charge is 2.37. The zero-order valence-electron chi connectivity index (χ0n) is 14.1. The van der Waals surface area contributed by atoms with Crippen molar-refractivity contribution < 1.29 is 52.3 Å². The summed E-state index contributed by atoms with van der Waals surface area (Å²) in [7, 11) is -5.39. The van der Waals surface area contributed by atoms with Gasteiger partial charge in [-0.05, 0) is 12.5 Å². The van der Waals surface area contributed by atoms with Crippen molar-refractivity contribution in [2.75, 3.05) is 13.2 Å². The molecule has 28 heavy (non-hydrogen) atoms. The van der Waals surface area contributed by atoms with E-state index in [1.165, 1.54) is 0 Å². The van der Waals surface area contributed by atoms with Crippen LogP contribution in [-0.2, 0) is 24.2 Å². The van der Waals surface area contributed by atoms with E-state index < -0.39 is 53.3 Å². The molecular formula is C13H18NO11S3-. The molecule has 160 valence electrons. The Labute approximate surface area is 169 Å². The van der Waals surface area contributed by atoms with Gasteiger partial charge in [-0.3, -0.25) is 18.7 Å². The van der Waals surface area contributed by atoms with Gasteiger partial charge in [0.05, 0.1) is 11.5 Å². The zero-order valence-corrected chi connectivity index (χ0v) is 16.5. The number of hydrogen-bond donors (Lipinski definition) is 5. The summed E-state index contributed by atoms with van der Waals surface area (Å²) >= 11 is 5.74. The number of carbonyl (C=O) groups is 2. The van der Waals surface area contributed by atoms with Gasteiger partial charge in [-0.15, -0.1) is 0 Å². The molecule has 12 nitrogen and oxygen atoms in total. The fraction of sp³-hybridized carbons (Fsp3) is 0.615. The highest BCUT2D eigenvalue weighted by Crippen LogP contribution is 2.32. The number of thioether (sulfide) groups is 1. The first kappa shape index (κ1) is 24.9. The number of carboxylic acids is 1. The van der Waals surface area contributed by atoms with Crippen LogP contribution in [0.2, 0.25) is 0 Å². The first-order valence-electron chi connectivity index (χ1n) is 7.63. The van der Waals surface area contributed by atoms with E-state index in [1.54, 1.807) is 0 Å². The van der Waals surface area contributed by atoms with E-state index in [1.807, 2.05) is 0 Å². The number of hydrogen-bond acceptors (Lipinski definition) is 12. The number of rotatable bonds is 11. The average Bonchev–Trinajstić information content (AvgIpc) is 2.84. The lowest BCUT2D eigenvalue weighted by molar-refractivity contribution is -0.137. The van der Waals surface area contributed by atoms with E-state index in [0.717, 1.165) is 22.7 Å². The van der Waals surface area contributed by atoms with Crippen molar-refractivity contribution in [1.82, 2.24) is 4.90 Å². The molecule has 1 saturated heterocycles. The molecule has 1 aliphatic rings. The number of carboxylic acid groups (broad SMARTS) is 1. The van der Waals surface area contributed by atoms with E-state index in [9.17, 15) is 37.9 Å². The van der Waals surface area contributed by atoms with Gasteiger partial charge in [-0.2, -0.15) is 0 Å². The Morgan fingerprint density at radius 1 is 1.36 bits per heavy atom. The van der Waals surface area contributed by atoms with Crippen molar-refractivity contribution >= 4 is 50.6 Å². The summed E-state index contributed by atoms with van der Waals surface area (Å²) in [6.45, 7) is -1.08. The Balaban J connectivity index is 2.91. The van der Waals surface area contributed by atoms with E-state index in [0.29, 0.717) is 0 Å². The smallest absolute Gasteiger partial charge is 0.303 e. The second-order valence-electron chi connectivity index (χ2n) is 5.55. The molecule has 0 aliphatic carbocycles. The average molecular weight is 460 g/mol. The molecule has 1 rings (SSSR count). The second kappa shape index (κ2) is 10.6. The number of nitrogens with zero attached hydrogens (tertiary/aromatic N) is 1. The fourth-order valence-electron chi connectivity index (χ4n) is 2.13. The maximum absolute atomic E-state index is 12.3. The molecule has 4 atom stereocenters. The minimum Gasteiger partial charge on any atom is -0.726 e. The van der Waals surface area contributed by atoms with E-state index in [-0.39, 0.29) is 28.6 Å². The van der Waals surface area contributed by atoms with Gasteiger partial charge in [0.2, 0.25) is 10.4 Å². The molecule has 1 unspecified atom stereocenters. The Hall–Kier alpha value is -1.17. The molecule has 0 aromatic carbocycles. The number of aliphatic hydroxyl groups excluding tert-OH is 4. The normalized spacial score (nSPS) is 21.0. The van der Waals surface area contributed by atoms with Crippen molar-refractivity contribution in [1.29, 1.82) is 0 Å². The van der Waals surface area contributed by atoms with Crippen LogP contribution in [-0.4, -0.2) is 97.2 Å².